The molecule has 0 aliphatic heterocycles. The molecule has 0 atom stereocenters. The number of hydrogen-bond acceptors (Lipinski definition) is 20. The quantitative estimate of drug-likeness (QED) is 0.0375. The second kappa shape index (κ2) is 40.9. The molecule has 12 aliphatic rings. The number of allylic oxidation sites excluding steroid dienone is 12. The summed E-state index contributed by atoms with van der Waals surface area (Å²) in [6.45, 7) is 12.7. The van der Waals surface area contributed by atoms with Crippen molar-refractivity contribution in [3.05, 3.63) is 89.7 Å². The summed E-state index contributed by atoms with van der Waals surface area (Å²) in [6, 6.07) is 19.9. The van der Waals surface area contributed by atoms with Crippen LogP contribution in [0.15, 0.2) is 89.7 Å². The van der Waals surface area contributed by atoms with E-state index in [0.717, 1.165) is 280 Å². The van der Waals surface area contributed by atoms with E-state index in [1.807, 2.05) is 0 Å². The Kier molecular flexibility index (Phi) is 30.8. The number of rotatable bonds is 24. The number of nitrogens with zero attached hydrogens (tertiary/aromatic N) is 12. The molecule has 0 radical (unpaired) electrons. The number of carbonyl (C=O) groups is 4. The molecule has 0 spiro atoms. The molecule has 648 valence electrons. The topological polar surface area (TPSA) is 308 Å². The first-order valence-electron chi connectivity index (χ1n) is 47.1. The van der Waals surface area contributed by atoms with Gasteiger partial charge in [-0.3, -0.25) is 0 Å². The lowest BCUT2D eigenvalue weighted by molar-refractivity contribution is -0.165. The Labute approximate surface area is 723 Å². The zero-order valence-corrected chi connectivity index (χ0v) is 74.5. The van der Waals surface area contributed by atoms with E-state index in [9.17, 15) is 42.1 Å². The minimum atomic E-state index is -2.26. The molecule has 121 heavy (non-hydrogen) atoms. The van der Waals surface area contributed by atoms with E-state index in [2.05, 4.69) is 124 Å². The Balaban J connectivity index is 1.02. The fourth-order valence-electron chi connectivity index (χ4n) is 23.8. The van der Waals surface area contributed by atoms with Crippen LogP contribution in [0.2, 0.25) is 0 Å². The zero-order valence-electron chi connectivity index (χ0n) is 74.5. The molecule has 0 N–H and O–H groups in total. The standard InChI is InChI=1S/C101H136N12O8/c1-97(2)49-77(81(57-102)89(53-97)110(69-33-17-9-18-34-69)70-35-19-10-20-36-70)85(61-106)93(114)118-65-101(66-119-94(115)86(62-107)78-50-98(3,4)54-90(82(78)58-103)111(71-37-21-11-22-38-71)72-39-23-12-24-40-72,67-120-95(116)87(63-108)79-51-99(5,6)55-91(83(79)59-104)112(73-41-25-13-26-42-73)74-43-27-14-28-44-74)68-121-96(117)88(64-109)80-52-100(7,8)56-92(84(80)60-105)113(75-45-29-15-30-46-75)76-47-31-16-32-48-76/h69-76H,9-56,65-68H2,1-8H3/b85-77-,86-78+,87-79+,88-80+. The average molecular weight is 1650 g/mol. The summed E-state index contributed by atoms with van der Waals surface area (Å²) in [5, 5.41) is 93.0. The summed E-state index contributed by atoms with van der Waals surface area (Å²) < 4.78 is 26.1. The van der Waals surface area contributed by atoms with Gasteiger partial charge in [-0.15, -0.1) is 0 Å². The lowest BCUT2D eigenvalue weighted by Gasteiger charge is -2.48. The van der Waals surface area contributed by atoms with Crippen molar-refractivity contribution in [3.8, 4) is 48.6 Å². The molecule has 0 heterocycles. The Bertz CT molecular complexity index is 3830. The van der Waals surface area contributed by atoms with E-state index in [4.69, 9.17) is 18.9 Å². The van der Waals surface area contributed by atoms with Gasteiger partial charge in [0.15, 0.2) is 0 Å². The van der Waals surface area contributed by atoms with Crippen molar-refractivity contribution < 1.29 is 38.1 Å². The molecule has 0 unspecified atom stereocenters. The van der Waals surface area contributed by atoms with E-state index in [1.165, 1.54) is 0 Å². The van der Waals surface area contributed by atoms with E-state index >= 15 is 19.2 Å². The molecule has 20 nitrogen and oxygen atoms in total. The Morgan fingerprint density at radius 2 is 0.413 bits per heavy atom. The van der Waals surface area contributed by atoms with Gasteiger partial charge >= 0.3 is 23.9 Å². The van der Waals surface area contributed by atoms with Crippen LogP contribution in [0.5, 0.6) is 0 Å². The molecule has 12 rings (SSSR count). The fraction of sp³-hybridized carbons (Fsp3) is 0.723. The predicted octanol–water partition coefficient (Wildman–Crippen LogP) is 21.7. The number of nitriles is 8. The third-order valence-corrected chi connectivity index (χ3v) is 29.5. The van der Waals surface area contributed by atoms with Gasteiger partial charge in [0.05, 0.1) is 22.3 Å². The smallest absolute Gasteiger partial charge is 0.349 e. The number of hydrogen-bond donors (Lipinski definition) is 0. The molecule has 12 aliphatic carbocycles. The van der Waals surface area contributed by atoms with Gasteiger partial charge in [-0.1, -0.05) is 209 Å². The van der Waals surface area contributed by atoms with Crippen molar-refractivity contribution in [2.75, 3.05) is 26.4 Å². The summed E-state index contributed by atoms with van der Waals surface area (Å²) in [7, 11) is 0. The van der Waals surface area contributed by atoms with Crippen LogP contribution in [-0.2, 0) is 38.1 Å². The Morgan fingerprint density at radius 1 is 0.264 bits per heavy atom. The van der Waals surface area contributed by atoms with Gasteiger partial charge < -0.3 is 38.5 Å². The third-order valence-electron chi connectivity index (χ3n) is 29.5. The monoisotopic (exact) mass is 1650 g/mol. The van der Waals surface area contributed by atoms with Crippen molar-refractivity contribution in [1.82, 2.24) is 19.6 Å². The maximum atomic E-state index is 15.9. The lowest BCUT2D eigenvalue weighted by atomic mass is 9.71. The normalized spacial score (nSPS) is 25.1. The van der Waals surface area contributed by atoms with Crippen LogP contribution in [0.25, 0.3) is 0 Å². The van der Waals surface area contributed by atoms with E-state index in [0.29, 0.717) is 25.7 Å². The number of esters is 4. The van der Waals surface area contributed by atoms with Gasteiger partial charge in [0, 0.05) is 71.1 Å². The number of carbonyl (C=O) groups excluding carboxylic acids is 4. The highest BCUT2D eigenvalue weighted by molar-refractivity contribution is 5.97. The maximum absolute atomic E-state index is 15.9. The SMILES string of the molecule is CC1(C)CC(N(C2CCCCC2)C2CCCCC2)=C(C#N)/C(=C(/C#N)C(=O)OCC(COC(=O)/C(C#N)=C2\CC(C)(C)CC(N(C3CCCCC3)C3CCCCC3)=C2C#N)(COC(=O)/C(C#N)=C2\CC(C)(C)CC(N(C3CCCCC3)C3CCCCC3)=C2C#N)COC(=O)/C(C#N)=C2\CC(C)(C)CC(N(C3CCCCC3)C3CCCCC3)=C2C#N)C1. The van der Waals surface area contributed by atoms with Crippen LogP contribution >= 0.6 is 0 Å². The molecule has 0 aromatic heterocycles. The number of ether oxygens (including phenoxy) is 4. The largest absolute Gasteiger partial charge is 0.461 e. The highest BCUT2D eigenvalue weighted by Crippen LogP contribution is 2.53. The van der Waals surface area contributed by atoms with Crippen molar-refractivity contribution in [2.24, 2.45) is 27.1 Å². The van der Waals surface area contributed by atoms with Crippen molar-refractivity contribution in [1.29, 1.82) is 42.1 Å². The molecule has 0 bridgehead atoms. The highest BCUT2D eigenvalue weighted by atomic mass is 16.6. The minimum absolute atomic E-state index is 0.144. The minimum Gasteiger partial charge on any atom is -0.461 e. The van der Waals surface area contributed by atoms with Gasteiger partial charge in [0.2, 0.25) is 0 Å². The predicted molar refractivity (Wildman–Crippen MR) is 462 cm³/mol. The maximum Gasteiger partial charge on any atom is 0.349 e. The first kappa shape index (κ1) is 91.1. The highest BCUT2D eigenvalue weighted by Gasteiger charge is 2.49. The molecule has 20 heteroatoms. The molecule has 0 amide bonds. The summed E-state index contributed by atoms with van der Waals surface area (Å²) in [5.74, 6) is -4.72. The van der Waals surface area contributed by atoms with Crippen LogP contribution in [0.1, 0.15) is 364 Å². The molecule has 8 fully saturated rings. The molecular formula is C101H136N12O8. The molecule has 0 aromatic carbocycles. The summed E-state index contributed by atoms with van der Waals surface area (Å²) >= 11 is 0. The Morgan fingerprint density at radius 3 is 0.545 bits per heavy atom. The van der Waals surface area contributed by atoms with Crippen LogP contribution < -0.4 is 0 Å². The van der Waals surface area contributed by atoms with Crippen molar-refractivity contribution in [2.45, 2.75) is 412 Å². The van der Waals surface area contributed by atoms with Crippen LogP contribution in [0.3, 0.4) is 0 Å². The van der Waals surface area contributed by atoms with Crippen molar-refractivity contribution >= 4 is 23.9 Å². The van der Waals surface area contributed by atoms with E-state index in [-0.39, 0.29) is 119 Å². The first-order chi connectivity index (χ1) is 58.2. The second-order valence-corrected chi connectivity index (χ2v) is 41.4. The van der Waals surface area contributed by atoms with E-state index < -0.39 is 99.7 Å². The van der Waals surface area contributed by atoms with Crippen LogP contribution in [0.4, 0.5) is 0 Å². The lowest BCUT2D eigenvalue weighted by Crippen LogP contribution is -2.47. The molecule has 0 saturated heterocycles. The summed E-state index contributed by atoms with van der Waals surface area (Å²) in [6.07, 6.45) is 43.2. The third kappa shape index (κ3) is 21.6. The second-order valence-electron chi connectivity index (χ2n) is 41.4. The average Bonchev–Trinajstić information content (AvgIpc) is 0.774. The fourth-order valence-corrected chi connectivity index (χ4v) is 23.8. The van der Waals surface area contributed by atoms with Crippen LogP contribution in [-0.4, -0.2) is 118 Å². The molecular weight excluding hydrogens is 1510 g/mol. The summed E-state index contributed by atoms with van der Waals surface area (Å²) in [4.78, 5) is 73.4. The first-order valence-corrected chi connectivity index (χ1v) is 47.1. The molecule has 8 saturated carbocycles. The van der Waals surface area contributed by atoms with Gasteiger partial charge in [-0.25, -0.2) is 19.2 Å². The van der Waals surface area contributed by atoms with Crippen LogP contribution in [0, 0.1) is 118 Å². The van der Waals surface area contributed by atoms with Gasteiger partial charge in [0.25, 0.3) is 0 Å². The zero-order chi connectivity index (χ0) is 86.2. The van der Waals surface area contributed by atoms with Crippen molar-refractivity contribution in [3.63, 3.8) is 0 Å². The van der Waals surface area contributed by atoms with Gasteiger partial charge in [0.1, 0.15) is 103 Å². The van der Waals surface area contributed by atoms with E-state index in [1.54, 1.807) is 0 Å². The Hall–Kier alpha value is -9.08. The summed E-state index contributed by atoms with van der Waals surface area (Å²) in [5.41, 5.74) is -1.38. The van der Waals surface area contributed by atoms with Gasteiger partial charge in [-0.05, 0) is 198 Å². The van der Waals surface area contributed by atoms with Gasteiger partial charge in [-0.2, -0.15) is 42.1 Å². The molecule has 0 aromatic rings.